The summed E-state index contributed by atoms with van der Waals surface area (Å²) in [4.78, 5) is 14.6. The van der Waals surface area contributed by atoms with Gasteiger partial charge in [0.15, 0.2) is 15.8 Å². The predicted octanol–water partition coefficient (Wildman–Crippen LogP) is 2.62. The highest BCUT2D eigenvalue weighted by Crippen LogP contribution is 2.30. The molecular formula is C17H23N5O4S2. The molecular weight excluding hydrogens is 402 g/mol. The molecule has 0 bridgehead atoms. The van der Waals surface area contributed by atoms with Crippen molar-refractivity contribution in [2.45, 2.75) is 4.34 Å². The van der Waals surface area contributed by atoms with Gasteiger partial charge in [-0.2, -0.15) is 0 Å². The van der Waals surface area contributed by atoms with E-state index in [2.05, 4.69) is 25.7 Å². The van der Waals surface area contributed by atoms with Gasteiger partial charge in [0.1, 0.15) is 0 Å². The summed E-state index contributed by atoms with van der Waals surface area (Å²) < 4.78 is 16.6. The molecule has 0 aliphatic carbocycles. The fraction of sp³-hybridized carbons (Fsp3) is 0.471. The molecule has 2 N–H and O–H groups in total. The summed E-state index contributed by atoms with van der Waals surface area (Å²) in [5.74, 6) is 2.05. The Morgan fingerprint density at radius 1 is 1.21 bits per heavy atom. The van der Waals surface area contributed by atoms with Gasteiger partial charge in [0.05, 0.1) is 27.4 Å². The van der Waals surface area contributed by atoms with Gasteiger partial charge in [0.2, 0.25) is 5.13 Å². The van der Waals surface area contributed by atoms with Gasteiger partial charge in [0.25, 0.3) is 0 Å². The average molecular weight is 426 g/mol. The average Bonchev–Trinajstić information content (AvgIpc) is 3.15. The van der Waals surface area contributed by atoms with Gasteiger partial charge in [-0.15, -0.1) is 10.2 Å². The topological polar surface area (TPSA) is 97.8 Å². The maximum absolute atomic E-state index is 12.2. The fourth-order valence-corrected chi connectivity index (χ4v) is 4.40. The van der Waals surface area contributed by atoms with Crippen molar-refractivity contribution in [3.8, 4) is 11.5 Å². The second kappa shape index (κ2) is 10.5. The maximum Gasteiger partial charge on any atom is 0.325 e. The van der Waals surface area contributed by atoms with E-state index in [1.807, 2.05) is 0 Å². The van der Waals surface area contributed by atoms with Crippen molar-refractivity contribution in [3.63, 3.8) is 0 Å². The minimum absolute atomic E-state index is 0.395. The number of thioether (sulfide) groups is 1. The van der Waals surface area contributed by atoms with Crippen LogP contribution in [0.4, 0.5) is 15.6 Å². The Morgan fingerprint density at radius 2 is 2.00 bits per heavy atom. The smallest absolute Gasteiger partial charge is 0.325 e. The molecule has 1 saturated heterocycles. The van der Waals surface area contributed by atoms with Gasteiger partial charge in [-0.25, -0.2) is 4.79 Å². The third kappa shape index (κ3) is 5.96. The molecule has 9 nitrogen and oxygen atoms in total. The van der Waals surface area contributed by atoms with Crippen LogP contribution in [0.25, 0.3) is 0 Å². The lowest BCUT2D eigenvalue weighted by Gasteiger charge is -2.25. The van der Waals surface area contributed by atoms with Crippen molar-refractivity contribution in [2.75, 3.05) is 63.5 Å². The van der Waals surface area contributed by atoms with Crippen molar-refractivity contribution in [2.24, 2.45) is 0 Å². The van der Waals surface area contributed by atoms with Crippen LogP contribution in [0.2, 0.25) is 0 Å². The van der Waals surface area contributed by atoms with Gasteiger partial charge >= 0.3 is 6.03 Å². The van der Waals surface area contributed by atoms with E-state index in [0.29, 0.717) is 22.3 Å². The summed E-state index contributed by atoms with van der Waals surface area (Å²) >= 11 is 2.99. The Labute approximate surface area is 171 Å². The second-order valence-corrected chi connectivity index (χ2v) is 8.14. The van der Waals surface area contributed by atoms with E-state index in [0.717, 1.165) is 42.9 Å². The Balaban J connectivity index is 1.45. The molecule has 0 radical (unpaired) electrons. The first-order chi connectivity index (χ1) is 13.7. The lowest BCUT2D eigenvalue weighted by atomic mass is 10.3. The molecule has 0 spiro atoms. The van der Waals surface area contributed by atoms with Crippen LogP contribution in [0, 0.1) is 0 Å². The first-order valence-electron chi connectivity index (χ1n) is 8.74. The molecule has 152 valence electrons. The Hall–Kier alpha value is -2.08. The fourth-order valence-electron chi connectivity index (χ4n) is 2.58. The second-order valence-electron chi connectivity index (χ2n) is 5.82. The monoisotopic (exact) mass is 425 g/mol. The van der Waals surface area contributed by atoms with Crippen LogP contribution in [0.5, 0.6) is 11.5 Å². The quantitative estimate of drug-likeness (QED) is 0.492. The first-order valence-corrected chi connectivity index (χ1v) is 10.5. The molecule has 1 aromatic heterocycles. The molecule has 0 unspecified atom stereocenters. The number of methoxy groups -OCH3 is 2. The van der Waals surface area contributed by atoms with E-state index in [-0.39, 0.29) is 0 Å². The first kappa shape index (κ1) is 20.6. The summed E-state index contributed by atoms with van der Waals surface area (Å²) in [5.41, 5.74) is 0.583. The Morgan fingerprint density at radius 3 is 2.75 bits per heavy atom. The van der Waals surface area contributed by atoms with E-state index in [4.69, 9.17) is 14.2 Å². The van der Waals surface area contributed by atoms with Crippen molar-refractivity contribution in [3.05, 3.63) is 18.2 Å². The Bertz CT molecular complexity index is 783. The Kier molecular flexibility index (Phi) is 7.71. The summed E-state index contributed by atoms with van der Waals surface area (Å²) in [6.45, 7) is 4.52. The van der Waals surface area contributed by atoms with Crippen LogP contribution in [0.15, 0.2) is 22.5 Å². The number of anilines is 2. The zero-order valence-corrected chi connectivity index (χ0v) is 17.4. The lowest BCUT2D eigenvalue weighted by molar-refractivity contribution is 0.0410. The number of hydrogen-bond donors (Lipinski definition) is 2. The van der Waals surface area contributed by atoms with Gasteiger partial charge in [0, 0.05) is 37.1 Å². The minimum Gasteiger partial charge on any atom is -0.493 e. The lowest BCUT2D eigenvalue weighted by Crippen LogP contribution is -2.37. The van der Waals surface area contributed by atoms with Crippen LogP contribution >= 0.6 is 23.1 Å². The van der Waals surface area contributed by atoms with Crippen molar-refractivity contribution in [1.29, 1.82) is 0 Å². The summed E-state index contributed by atoms with van der Waals surface area (Å²) in [7, 11) is 3.10. The minimum atomic E-state index is -0.395. The molecule has 1 aromatic carbocycles. The normalized spacial score (nSPS) is 14.5. The van der Waals surface area contributed by atoms with Crippen molar-refractivity contribution < 1.29 is 19.0 Å². The number of ether oxygens (including phenoxy) is 3. The molecule has 1 fully saturated rings. The summed E-state index contributed by atoms with van der Waals surface area (Å²) in [6.07, 6.45) is 0. The van der Waals surface area contributed by atoms with Crippen LogP contribution in [-0.4, -0.2) is 73.9 Å². The number of nitrogens with zero attached hydrogens (tertiary/aromatic N) is 3. The van der Waals surface area contributed by atoms with Crippen LogP contribution in [0.1, 0.15) is 0 Å². The number of rotatable bonds is 8. The molecule has 2 amide bonds. The molecule has 2 aromatic rings. The third-order valence-electron chi connectivity index (χ3n) is 4.01. The van der Waals surface area contributed by atoms with E-state index in [9.17, 15) is 4.79 Å². The molecule has 0 atom stereocenters. The predicted molar refractivity (Wildman–Crippen MR) is 110 cm³/mol. The zero-order chi connectivity index (χ0) is 19.8. The third-order valence-corrected chi connectivity index (χ3v) is 5.96. The maximum atomic E-state index is 12.2. The highest BCUT2D eigenvalue weighted by molar-refractivity contribution is 8.01. The van der Waals surface area contributed by atoms with E-state index in [1.165, 1.54) is 11.3 Å². The molecule has 11 heteroatoms. The largest absolute Gasteiger partial charge is 0.493 e. The van der Waals surface area contributed by atoms with E-state index in [1.54, 1.807) is 44.2 Å². The number of morpholine rings is 1. The highest BCUT2D eigenvalue weighted by atomic mass is 32.2. The van der Waals surface area contributed by atoms with Crippen molar-refractivity contribution >= 4 is 39.9 Å². The summed E-state index contributed by atoms with van der Waals surface area (Å²) in [6, 6.07) is 4.75. The standard InChI is InChI=1S/C17H23N5O4S2/c1-24-13-4-3-12(11-14(13)25-2)18-15(23)19-16-20-21-17(28-16)27-10-7-22-5-8-26-9-6-22/h3-4,11H,5-10H2,1-2H3,(H2,18,19,20,23). The van der Waals surface area contributed by atoms with Crippen LogP contribution < -0.4 is 20.1 Å². The van der Waals surface area contributed by atoms with Gasteiger partial charge in [-0.1, -0.05) is 23.1 Å². The molecule has 1 aliphatic rings. The molecule has 28 heavy (non-hydrogen) atoms. The molecule has 1 aliphatic heterocycles. The van der Waals surface area contributed by atoms with E-state index >= 15 is 0 Å². The van der Waals surface area contributed by atoms with Crippen LogP contribution in [0.3, 0.4) is 0 Å². The number of amides is 2. The van der Waals surface area contributed by atoms with Gasteiger partial charge in [-0.3, -0.25) is 10.2 Å². The van der Waals surface area contributed by atoms with Gasteiger partial charge in [-0.05, 0) is 12.1 Å². The summed E-state index contributed by atoms with van der Waals surface area (Å²) in [5, 5.41) is 14.0. The van der Waals surface area contributed by atoms with Crippen molar-refractivity contribution in [1.82, 2.24) is 15.1 Å². The SMILES string of the molecule is COc1ccc(NC(=O)Nc2nnc(SCCN3CCOCC3)s2)cc1OC. The van der Waals surface area contributed by atoms with Gasteiger partial charge < -0.3 is 19.5 Å². The number of carbonyl (C=O) groups is 1. The molecule has 3 rings (SSSR count). The number of benzene rings is 1. The van der Waals surface area contributed by atoms with Crippen LogP contribution in [-0.2, 0) is 4.74 Å². The number of nitrogens with one attached hydrogen (secondary N) is 2. The number of urea groups is 1. The zero-order valence-electron chi connectivity index (χ0n) is 15.8. The molecule has 2 heterocycles. The van der Waals surface area contributed by atoms with E-state index < -0.39 is 6.03 Å². The molecule has 0 saturated carbocycles. The number of aromatic nitrogens is 2. The highest BCUT2D eigenvalue weighted by Gasteiger charge is 2.13. The number of hydrogen-bond acceptors (Lipinski definition) is 9. The number of carbonyl (C=O) groups excluding carboxylic acids is 1.